The van der Waals surface area contributed by atoms with Crippen molar-refractivity contribution in [1.29, 1.82) is 0 Å². The summed E-state index contributed by atoms with van der Waals surface area (Å²) in [6, 6.07) is 3.42. The smallest absolute Gasteiger partial charge is 0.257 e. The van der Waals surface area contributed by atoms with Crippen LogP contribution in [0.3, 0.4) is 0 Å². The number of amides is 1. The van der Waals surface area contributed by atoms with Crippen molar-refractivity contribution in [3.63, 3.8) is 0 Å². The molecule has 1 saturated heterocycles. The standard InChI is InChI=1S/C26H33FN4O3/c1-14-10-15(2)12-18(11-14)23(30-26(32)20-13-34-31-16(20)3)25-28-21-5-4-19(22(27)24(21)29-25)17-6-8-33-9-7-17/h4-5,13-15,17-18,23H,6-12H2,1-3H3,(H,28,29)(H,30,32). The Morgan fingerprint density at radius 1 is 1.18 bits per heavy atom. The van der Waals surface area contributed by atoms with Gasteiger partial charge in [-0.05, 0) is 74.3 Å². The Kier molecular flexibility index (Phi) is 6.42. The summed E-state index contributed by atoms with van der Waals surface area (Å²) < 4.78 is 26.0. The van der Waals surface area contributed by atoms with Gasteiger partial charge in [0.2, 0.25) is 0 Å². The lowest BCUT2D eigenvalue weighted by Crippen LogP contribution is -2.37. The zero-order valence-electron chi connectivity index (χ0n) is 20.1. The van der Waals surface area contributed by atoms with Gasteiger partial charge in [-0.15, -0.1) is 0 Å². The lowest BCUT2D eigenvalue weighted by atomic mass is 9.73. The number of carbonyl (C=O) groups excluding carboxylic acids is 1. The van der Waals surface area contributed by atoms with Gasteiger partial charge in [0.15, 0.2) is 5.82 Å². The second-order valence-electron chi connectivity index (χ2n) is 10.3. The molecule has 0 bridgehead atoms. The highest BCUT2D eigenvalue weighted by Crippen LogP contribution is 2.40. The quantitative estimate of drug-likeness (QED) is 0.520. The van der Waals surface area contributed by atoms with Gasteiger partial charge in [0.05, 0.1) is 17.3 Å². The summed E-state index contributed by atoms with van der Waals surface area (Å²) in [5.74, 6) is 1.52. The molecule has 3 unspecified atom stereocenters. The molecule has 0 radical (unpaired) electrons. The zero-order valence-corrected chi connectivity index (χ0v) is 20.1. The monoisotopic (exact) mass is 468 g/mol. The molecule has 2 aromatic heterocycles. The molecule has 1 amide bonds. The third kappa shape index (κ3) is 4.48. The minimum atomic E-state index is -0.356. The average Bonchev–Trinajstić information content (AvgIpc) is 3.44. The van der Waals surface area contributed by atoms with Crippen LogP contribution in [0.15, 0.2) is 22.9 Å². The second-order valence-corrected chi connectivity index (χ2v) is 10.3. The largest absolute Gasteiger partial charge is 0.381 e. The van der Waals surface area contributed by atoms with Crippen molar-refractivity contribution in [1.82, 2.24) is 20.4 Å². The van der Waals surface area contributed by atoms with Crippen LogP contribution in [0.4, 0.5) is 4.39 Å². The molecule has 1 saturated carbocycles. The zero-order chi connectivity index (χ0) is 23.8. The van der Waals surface area contributed by atoms with E-state index in [4.69, 9.17) is 14.2 Å². The molecular formula is C26H33FN4O3. The van der Waals surface area contributed by atoms with Gasteiger partial charge < -0.3 is 19.6 Å². The number of aryl methyl sites for hydroxylation is 1. The maximum absolute atomic E-state index is 15.6. The average molecular weight is 469 g/mol. The van der Waals surface area contributed by atoms with Crippen molar-refractivity contribution >= 4 is 16.9 Å². The van der Waals surface area contributed by atoms with Gasteiger partial charge in [-0.1, -0.05) is 25.1 Å². The van der Waals surface area contributed by atoms with Gasteiger partial charge in [0.25, 0.3) is 5.91 Å². The third-order valence-corrected chi connectivity index (χ3v) is 7.56. The number of halogens is 1. The molecule has 8 heteroatoms. The summed E-state index contributed by atoms with van der Waals surface area (Å²) in [4.78, 5) is 21.2. The van der Waals surface area contributed by atoms with E-state index in [-0.39, 0.29) is 29.6 Å². The van der Waals surface area contributed by atoms with E-state index < -0.39 is 0 Å². The molecule has 182 valence electrons. The molecule has 2 aliphatic rings. The number of aromatic nitrogens is 3. The number of fused-ring (bicyclic) bond motifs is 1. The van der Waals surface area contributed by atoms with Crippen LogP contribution in [0.1, 0.15) is 85.4 Å². The molecule has 34 heavy (non-hydrogen) atoms. The summed E-state index contributed by atoms with van der Waals surface area (Å²) in [6.07, 6.45) is 6.12. The number of rotatable bonds is 5. The van der Waals surface area contributed by atoms with Gasteiger partial charge in [0, 0.05) is 13.2 Å². The van der Waals surface area contributed by atoms with E-state index in [9.17, 15) is 4.79 Å². The predicted octanol–water partition coefficient (Wildman–Crippen LogP) is 5.44. The number of H-pyrrole nitrogens is 1. The first-order valence-electron chi connectivity index (χ1n) is 12.4. The molecule has 1 aliphatic carbocycles. The molecule has 3 heterocycles. The fourth-order valence-electron chi connectivity index (χ4n) is 5.97. The Bertz CT molecular complexity index is 1160. The van der Waals surface area contributed by atoms with Crippen molar-refractivity contribution in [2.75, 3.05) is 13.2 Å². The molecule has 5 rings (SSSR count). The number of nitrogens with one attached hydrogen (secondary N) is 2. The Labute approximate surface area is 198 Å². The van der Waals surface area contributed by atoms with Crippen LogP contribution in [0, 0.1) is 30.5 Å². The summed E-state index contributed by atoms with van der Waals surface area (Å²) >= 11 is 0. The van der Waals surface area contributed by atoms with Crippen LogP contribution in [0.2, 0.25) is 0 Å². The van der Waals surface area contributed by atoms with Gasteiger partial charge in [0.1, 0.15) is 23.2 Å². The Morgan fingerprint density at radius 2 is 1.91 bits per heavy atom. The number of hydrogen-bond acceptors (Lipinski definition) is 5. The van der Waals surface area contributed by atoms with Crippen LogP contribution in [0.5, 0.6) is 0 Å². The van der Waals surface area contributed by atoms with E-state index in [0.717, 1.165) is 25.7 Å². The van der Waals surface area contributed by atoms with Crippen molar-refractivity contribution in [2.45, 2.75) is 64.8 Å². The third-order valence-electron chi connectivity index (χ3n) is 7.56. The van der Waals surface area contributed by atoms with Gasteiger partial charge in [-0.2, -0.15) is 0 Å². The SMILES string of the molecule is Cc1nocc1C(=O)NC(c1nc2c(F)c(C3CCOCC3)ccc2[nH]1)C1CC(C)CC(C)C1. The second kappa shape index (κ2) is 9.49. The maximum atomic E-state index is 15.6. The number of ether oxygens (including phenoxy) is 1. The van der Waals surface area contributed by atoms with E-state index >= 15 is 4.39 Å². The van der Waals surface area contributed by atoms with E-state index in [1.54, 1.807) is 6.92 Å². The molecule has 3 aromatic rings. The molecule has 1 aliphatic heterocycles. The fourth-order valence-corrected chi connectivity index (χ4v) is 5.97. The van der Waals surface area contributed by atoms with Crippen molar-refractivity contribution < 1.29 is 18.4 Å². The highest BCUT2D eigenvalue weighted by molar-refractivity contribution is 5.95. The summed E-state index contributed by atoms with van der Waals surface area (Å²) in [5, 5.41) is 7.01. The number of imidazole rings is 1. The molecule has 7 nitrogen and oxygen atoms in total. The number of aromatic amines is 1. The van der Waals surface area contributed by atoms with Gasteiger partial charge >= 0.3 is 0 Å². The Balaban J connectivity index is 1.50. The first-order valence-corrected chi connectivity index (χ1v) is 12.4. The predicted molar refractivity (Wildman–Crippen MR) is 126 cm³/mol. The van der Waals surface area contributed by atoms with Crippen molar-refractivity contribution in [3.05, 3.63) is 46.9 Å². The van der Waals surface area contributed by atoms with Crippen molar-refractivity contribution in [3.8, 4) is 0 Å². The highest BCUT2D eigenvalue weighted by Gasteiger charge is 2.35. The first-order chi connectivity index (χ1) is 16.4. The molecule has 3 atom stereocenters. The van der Waals surface area contributed by atoms with Crippen molar-refractivity contribution in [2.24, 2.45) is 17.8 Å². The van der Waals surface area contributed by atoms with Crippen LogP contribution < -0.4 is 5.32 Å². The normalized spacial score (nSPS) is 24.9. The minimum absolute atomic E-state index is 0.144. The van der Waals surface area contributed by atoms with Gasteiger partial charge in [-0.25, -0.2) is 9.37 Å². The summed E-state index contributed by atoms with van der Waals surface area (Å²) in [7, 11) is 0. The maximum Gasteiger partial charge on any atom is 0.257 e. The minimum Gasteiger partial charge on any atom is -0.381 e. The van der Waals surface area contributed by atoms with Gasteiger partial charge in [-0.3, -0.25) is 4.79 Å². The van der Waals surface area contributed by atoms with E-state index in [2.05, 4.69) is 29.3 Å². The molecule has 0 spiro atoms. The lowest BCUT2D eigenvalue weighted by Gasteiger charge is -2.36. The molecule has 2 N–H and O–H groups in total. The molecular weight excluding hydrogens is 435 g/mol. The van der Waals surface area contributed by atoms with Crippen LogP contribution in [-0.2, 0) is 4.74 Å². The van der Waals surface area contributed by atoms with E-state index in [0.29, 0.717) is 58.7 Å². The summed E-state index contributed by atoms with van der Waals surface area (Å²) in [5.41, 5.74) is 2.65. The fraction of sp³-hybridized carbons (Fsp3) is 0.577. The molecule has 1 aromatic carbocycles. The van der Waals surface area contributed by atoms with Crippen LogP contribution >= 0.6 is 0 Å². The molecule has 2 fully saturated rings. The number of hydrogen-bond donors (Lipinski definition) is 2. The highest BCUT2D eigenvalue weighted by atomic mass is 19.1. The Hall–Kier alpha value is -2.74. The topological polar surface area (TPSA) is 93.0 Å². The first kappa shape index (κ1) is 23.0. The number of nitrogens with zero attached hydrogens (tertiary/aromatic N) is 2. The van der Waals surface area contributed by atoms with Crippen LogP contribution in [0.25, 0.3) is 11.0 Å². The van der Waals surface area contributed by atoms with Crippen LogP contribution in [-0.4, -0.2) is 34.2 Å². The number of carbonyl (C=O) groups is 1. The van der Waals surface area contributed by atoms with E-state index in [1.165, 1.54) is 12.7 Å². The summed E-state index contributed by atoms with van der Waals surface area (Å²) in [6.45, 7) is 7.56. The van der Waals surface area contributed by atoms with E-state index in [1.807, 2.05) is 12.1 Å². The lowest BCUT2D eigenvalue weighted by molar-refractivity contribution is 0.0846. The number of benzene rings is 1. The Morgan fingerprint density at radius 3 is 2.59 bits per heavy atom.